The molecule has 0 radical (unpaired) electrons. The fraction of sp³-hybridized carbons (Fsp3) is 0.667. The Morgan fingerprint density at radius 1 is 1.71 bits per heavy atom. The van der Waals surface area contributed by atoms with Gasteiger partial charge < -0.3 is 5.73 Å². The van der Waals surface area contributed by atoms with Crippen LogP contribution in [-0.4, -0.2) is 40.4 Å². The second kappa shape index (κ2) is 4.61. The maximum atomic E-state index is 6.19. The lowest BCUT2D eigenvalue weighted by Crippen LogP contribution is -2.46. The van der Waals surface area contributed by atoms with Crippen LogP contribution in [0.1, 0.15) is 11.7 Å². The second-order valence-electron chi connectivity index (χ2n) is 3.57. The number of nitrogens with zero attached hydrogens (tertiary/aromatic N) is 2. The molecule has 2 atom stereocenters. The van der Waals surface area contributed by atoms with Gasteiger partial charge in [0.1, 0.15) is 0 Å². The monoisotopic (exact) mass is 229 g/mol. The molecule has 1 aliphatic rings. The van der Waals surface area contributed by atoms with Gasteiger partial charge in [0, 0.05) is 29.5 Å². The molecule has 78 valence electrons. The minimum absolute atomic E-state index is 0.0686. The predicted octanol–water partition coefficient (Wildman–Crippen LogP) is 1.19. The summed E-state index contributed by atoms with van der Waals surface area (Å²) in [6, 6.07) is 2.54. The molecule has 1 saturated heterocycles. The standard InChI is InChI=1S/C9H15N3S2/c1-12-3-5-13-6-8(12)9(10)7-2-4-14-11-7/h2,4,8-9H,3,5-6,10H2,1H3. The number of aromatic nitrogens is 1. The Kier molecular flexibility index (Phi) is 3.43. The summed E-state index contributed by atoms with van der Waals surface area (Å²) in [6.07, 6.45) is 0. The van der Waals surface area contributed by atoms with Crippen LogP contribution in [0.5, 0.6) is 0 Å². The molecule has 14 heavy (non-hydrogen) atoms. The number of thioether (sulfide) groups is 1. The Hall–Kier alpha value is -0.100. The van der Waals surface area contributed by atoms with Gasteiger partial charge in [-0.3, -0.25) is 4.90 Å². The lowest BCUT2D eigenvalue weighted by molar-refractivity contribution is 0.236. The Morgan fingerprint density at radius 3 is 3.21 bits per heavy atom. The van der Waals surface area contributed by atoms with E-state index >= 15 is 0 Å². The van der Waals surface area contributed by atoms with E-state index in [4.69, 9.17) is 5.73 Å². The first-order valence-electron chi connectivity index (χ1n) is 4.73. The first-order chi connectivity index (χ1) is 6.79. The van der Waals surface area contributed by atoms with E-state index in [1.165, 1.54) is 17.3 Å². The van der Waals surface area contributed by atoms with E-state index in [1.54, 1.807) is 0 Å². The van der Waals surface area contributed by atoms with Gasteiger partial charge in [-0.15, -0.1) is 0 Å². The number of nitrogens with two attached hydrogens (primary N) is 1. The van der Waals surface area contributed by atoms with Crippen LogP contribution in [-0.2, 0) is 0 Å². The highest BCUT2D eigenvalue weighted by Crippen LogP contribution is 2.24. The molecule has 0 saturated carbocycles. The summed E-state index contributed by atoms with van der Waals surface area (Å²) in [5, 5.41) is 1.99. The highest BCUT2D eigenvalue weighted by atomic mass is 32.2. The molecular weight excluding hydrogens is 214 g/mol. The first-order valence-corrected chi connectivity index (χ1v) is 6.72. The van der Waals surface area contributed by atoms with E-state index in [2.05, 4.69) is 16.3 Å². The van der Waals surface area contributed by atoms with E-state index in [9.17, 15) is 0 Å². The smallest absolute Gasteiger partial charge is 0.0725 e. The van der Waals surface area contributed by atoms with Gasteiger partial charge in [-0.2, -0.15) is 16.1 Å². The maximum Gasteiger partial charge on any atom is 0.0725 e. The Balaban J connectivity index is 2.06. The third kappa shape index (κ3) is 2.11. The molecule has 5 heteroatoms. The van der Waals surface area contributed by atoms with Crippen LogP contribution in [0.3, 0.4) is 0 Å². The quantitative estimate of drug-likeness (QED) is 0.827. The van der Waals surface area contributed by atoms with Crippen LogP contribution in [0.25, 0.3) is 0 Å². The van der Waals surface area contributed by atoms with Gasteiger partial charge >= 0.3 is 0 Å². The number of hydrogen-bond acceptors (Lipinski definition) is 5. The highest BCUT2D eigenvalue weighted by Gasteiger charge is 2.27. The molecular formula is C9H15N3S2. The van der Waals surface area contributed by atoms with E-state index in [0.29, 0.717) is 6.04 Å². The van der Waals surface area contributed by atoms with Crippen molar-refractivity contribution in [3.05, 3.63) is 17.1 Å². The van der Waals surface area contributed by atoms with Crippen LogP contribution in [0.15, 0.2) is 11.4 Å². The average molecular weight is 229 g/mol. The summed E-state index contributed by atoms with van der Waals surface area (Å²) in [7, 11) is 2.15. The zero-order valence-corrected chi connectivity index (χ0v) is 9.85. The minimum Gasteiger partial charge on any atom is -0.321 e. The van der Waals surface area contributed by atoms with Crippen molar-refractivity contribution in [1.82, 2.24) is 9.27 Å². The summed E-state index contributed by atoms with van der Waals surface area (Å²) >= 11 is 3.46. The van der Waals surface area contributed by atoms with Crippen LogP contribution >= 0.6 is 23.3 Å². The maximum absolute atomic E-state index is 6.19. The van der Waals surface area contributed by atoms with Crippen molar-refractivity contribution in [2.75, 3.05) is 25.1 Å². The van der Waals surface area contributed by atoms with Crippen molar-refractivity contribution in [2.45, 2.75) is 12.1 Å². The largest absolute Gasteiger partial charge is 0.321 e. The molecule has 2 rings (SSSR count). The molecule has 1 aromatic heterocycles. The molecule has 0 spiro atoms. The van der Waals surface area contributed by atoms with Crippen LogP contribution in [0.2, 0.25) is 0 Å². The molecule has 2 N–H and O–H groups in total. The van der Waals surface area contributed by atoms with Gasteiger partial charge in [-0.25, -0.2) is 0 Å². The molecule has 1 aliphatic heterocycles. The van der Waals surface area contributed by atoms with Crippen LogP contribution in [0, 0.1) is 0 Å². The van der Waals surface area contributed by atoms with E-state index in [1.807, 2.05) is 23.2 Å². The van der Waals surface area contributed by atoms with Crippen molar-refractivity contribution >= 4 is 23.3 Å². The van der Waals surface area contributed by atoms with Crippen LogP contribution < -0.4 is 5.73 Å². The zero-order valence-electron chi connectivity index (χ0n) is 8.22. The average Bonchev–Trinajstić information content (AvgIpc) is 2.70. The van der Waals surface area contributed by atoms with Gasteiger partial charge in [-0.1, -0.05) is 0 Å². The van der Waals surface area contributed by atoms with Crippen LogP contribution in [0.4, 0.5) is 0 Å². The Labute approximate surface area is 92.8 Å². The molecule has 3 nitrogen and oxygen atoms in total. The Bertz CT molecular complexity index is 276. The lowest BCUT2D eigenvalue weighted by Gasteiger charge is -2.35. The zero-order chi connectivity index (χ0) is 9.97. The molecule has 2 unspecified atom stereocenters. The molecule has 0 aliphatic carbocycles. The summed E-state index contributed by atoms with van der Waals surface area (Å²) in [5.74, 6) is 2.34. The van der Waals surface area contributed by atoms with Crippen molar-refractivity contribution in [1.29, 1.82) is 0 Å². The third-order valence-electron chi connectivity index (χ3n) is 2.66. The summed E-state index contributed by atoms with van der Waals surface area (Å²) < 4.78 is 4.31. The van der Waals surface area contributed by atoms with E-state index in [0.717, 1.165) is 18.0 Å². The SMILES string of the molecule is CN1CCSCC1C(N)c1ccsn1. The first kappa shape index (κ1) is 10.4. The molecule has 2 heterocycles. The van der Waals surface area contributed by atoms with E-state index in [-0.39, 0.29) is 6.04 Å². The van der Waals surface area contributed by atoms with Crippen molar-refractivity contribution in [2.24, 2.45) is 5.73 Å². The topological polar surface area (TPSA) is 42.1 Å². The third-order valence-corrected chi connectivity index (χ3v) is 4.28. The number of hydrogen-bond donors (Lipinski definition) is 1. The molecule has 0 bridgehead atoms. The van der Waals surface area contributed by atoms with Crippen molar-refractivity contribution in [3.63, 3.8) is 0 Å². The Morgan fingerprint density at radius 2 is 2.57 bits per heavy atom. The van der Waals surface area contributed by atoms with E-state index < -0.39 is 0 Å². The molecule has 0 aromatic carbocycles. The van der Waals surface area contributed by atoms with Crippen molar-refractivity contribution in [3.8, 4) is 0 Å². The lowest BCUT2D eigenvalue weighted by atomic mass is 10.1. The fourth-order valence-electron chi connectivity index (χ4n) is 1.67. The van der Waals surface area contributed by atoms with Gasteiger partial charge in [0.15, 0.2) is 0 Å². The molecule has 1 aromatic rings. The number of rotatable bonds is 2. The minimum atomic E-state index is 0.0686. The molecule has 0 amide bonds. The van der Waals surface area contributed by atoms with Crippen molar-refractivity contribution < 1.29 is 0 Å². The number of likely N-dealkylation sites (N-methyl/N-ethyl adjacent to an activating group) is 1. The normalized spacial score (nSPS) is 26.3. The summed E-state index contributed by atoms with van der Waals surface area (Å²) in [6.45, 7) is 1.13. The summed E-state index contributed by atoms with van der Waals surface area (Å²) in [5.41, 5.74) is 7.23. The summed E-state index contributed by atoms with van der Waals surface area (Å²) in [4.78, 5) is 2.35. The second-order valence-corrected chi connectivity index (χ2v) is 5.39. The molecule has 1 fully saturated rings. The predicted molar refractivity (Wildman–Crippen MR) is 62.8 cm³/mol. The van der Waals surface area contributed by atoms with Gasteiger partial charge in [-0.05, 0) is 24.6 Å². The highest BCUT2D eigenvalue weighted by molar-refractivity contribution is 7.99. The van der Waals surface area contributed by atoms with Gasteiger partial charge in [0.05, 0.1) is 11.7 Å². The van der Waals surface area contributed by atoms with Gasteiger partial charge in [0.25, 0.3) is 0 Å². The van der Waals surface area contributed by atoms with Gasteiger partial charge in [0.2, 0.25) is 0 Å². The fourth-order valence-corrected chi connectivity index (χ4v) is 3.53.